The highest BCUT2D eigenvalue weighted by molar-refractivity contribution is 8.01. The molecule has 2 aromatic heterocycles. The van der Waals surface area contributed by atoms with Crippen LogP contribution in [0.25, 0.3) is 0 Å². The molecular formula is C17H18N8O3S3. The zero-order chi connectivity index (χ0) is 22.1. The van der Waals surface area contributed by atoms with E-state index in [1.54, 1.807) is 24.3 Å². The molecule has 0 saturated carbocycles. The number of aromatic amines is 1. The van der Waals surface area contributed by atoms with E-state index in [2.05, 4.69) is 47.8 Å². The standard InChI is InChI=1S/C17H18N8O3S3/c1-3-7-29-17-25-24-16(31-17)19-12(26)9-30-15-20-14(22-23-15)21-18-8-10-5-4-6-11(28-2)13(10)27/h3-6,8,27H,1,7,9H2,2H3,(H,19,24,26)(H2,20,21,22,23)/b18-8+. The molecule has 31 heavy (non-hydrogen) atoms. The monoisotopic (exact) mass is 478 g/mol. The molecule has 2 heterocycles. The summed E-state index contributed by atoms with van der Waals surface area (Å²) < 4.78 is 5.81. The summed E-state index contributed by atoms with van der Waals surface area (Å²) in [6.45, 7) is 3.65. The molecule has 0 saturated heterocycles. The van der Waals surface area contributed by atoms with Crippen LogP contribution in [-0.4, -0.2) is 61.2 Å². The van der Waals surface area contributed by atoms with Crippen LogP contribution in [0.1, 0.15) is 5.56 Å². The number of aromatic hydroxyl groups is 1. The second-order valence-corrected chi connectivity index (χ2v) is 8.73. The summed E-state index contributed by atoms with van der Waals surface area (Å²) in [5.41, 5.74) is 3.15. The zero-order valence-electron chi connectivity index (χ0n) is 16.2. The number of benzene rings is 1. The molecule has 0 aliphatic carbocycles. The minimum Gasteiger partial charge on any atom is -0.504 e. The molecule has 14 heteroatoms. The lowest BCUT2D eigenvalue weighted by Gasteiger charge is -2.04. The third-order valence-corrected chi connectivity index (χ3v) is 6.21. The molecule has 4 N–H and O–H groups in total. The Bertz CT molecular complexity index is 1070. The van der Waals surface area contributed by atoms with Gasteiger partial charge in [0.15, 0.2) is 15.8 Å². The number of thioether (sulfide) groups is 2. The second kappa shape index (κ2) is 11.3. The Morgan fingerprint density at radius 3 is 3.10 bits per heavy atom. The number of methoxy groups -OCH3 is 1. The molecule has 1 amide bonds. The number of carbonyl (C=O) groups is 1. The number of para-hydroxylation sites is 1. The van der Waals surface area contributed by atoms with Gasteiger partial charge in [-0.15, -0.1) is 21.9 Å². The van der Waals surface area contributed by atoms with Gasteiger partial charge in [0, 0.05) is 11.3 Å². The van der Waals surface area contributed by atoms with Gasteiger partial charge in [-0.2, -0.15) is 10.1 Å². The maximum absolute atomic E-state index is 12.1. The fraction of sp³-hybridized carbons (Fsp3) is 0.176. The molecule has 0 aliphatic heterocycles. The predicted molar refractivity (Wildman–Crippen MR) is 122 cm³/mol. The maximum Gasteiger partial charge on any atom is 0.240 e. The van der Waals surface area contributed by atoms with E-state index >= 15 is 0 Å². The molecule has 0 fully saturated rings. The van der Waals surface area contributed by atoms with Crippen molar-refractivity contribution < 1.29 is 14.6 Å². The fourth-order valence-electron chi connectivity index (χ4n) is 2.07. The van der Waals surface area contributed by atoms with E-state index in [0.717, 1.165) is 21.9 Å². The lowest BCUT2D eigenvalue weighted by atomic mass is 10.2. The van der Waals surface area contributed by atoms with Gasteiger partial charge in [-0.1, -0.05) is 47.0 Å². The van der Waals surface area contributed by atoms with Gasteiger partial charge in [0.2, 0.25) is 22.1 Å². The minimum atomic E-state index is -0.243. The second-order valence-electron chi connectivity index (χ2n) is 5.54. The van der Waals surface area contributed by atoms with Gasteiger partial charge in [0.05, 0.1) is 19.1 Å². The first-order valence-corrected chi connectivity index (χ1v) is 11.4. The Balaban J connectivity index is 1.46. The van der Waals surface area contributed by atoms with E-state index in [9.17, 15) is 9.90 Å². The molecule has 1 aromatic carbocycles. The molecule has 0 aliphatic rings. The quantitative estimate of drug-likeness (QED) is 0.106. The van der Waals surface area contributed by atoms with Gasteiger partial charge >= 0.3 is 0 Å². The highest BCUT2D eigenvalue weighted by Crippen LogP contribution is 2.28. The highest BCUT2D eigenvalue weighted by atomic mass is 32.2. The topological polar surface area (TPSA) is 150 Å². The van der Waals surface area contributed by atoms with E-state index in [4.69, 9.17) is 4.74 Å². The van der Waals surface area contributed by atoms with Crippen LogP contribution in [0, 0.1) is 0 Å². The van der Waals surface area contributed by atoms with E-state index in [1.807, 2.05) is 0 Å². The summed E-state index contributed by atoms with van der Waals surface area (Å²) in [6, 6.07) is 5.06. The normalized spacial score (nSPS) is 10.9. The van der Waals surface area contributed by atoms with Crippen molar-refractivity contribution in [1.29, 1.82) is 0 Å². The van der Waals surface area contributed by atoms with Crippen LogP contribution in [0.4, 0.5) is 11.1 Å². The Kier molecular flexibility index (Phi) is 8.26. The van der Waals surface area contributed by atoms with Crippen molar-refractivity contribution >= 4 is 58.1 Å². The van der Waals surface area contributed by atoms with Crippen LogP contribution < -0.4 is 15.5 Å². The van der Waals surface area contributed by atoms with Gasteiger partial charge in [-0.25, -0.2) is 10.5 Å². The molecule has 0 atom stereocenters. The molecule has 0 radical (unpaired) electrons. The van der Waals surface area contributed by atoms with Crippen LogP contribution in [0.5, 0.6) is 11.5 Å². The first kappa shape index (κ1) is 22.6. The fourth-order valence-corrected chi connectivity index (χ4v) is 4.19. The molecule has 0 spiro atoms. The number of amides is 1. The summed E-state index contributed by atoms with van der Waals surface area (Å²) in [6.07, 6.45) is 3.19. The van der Waals surface area contributed by atoms with Gasteiger partial charge in [0.1, 0.15) is 0 Å². The molecule has 0 bridgehead atoms. The van der Waals surface area contributed by atoms with Gasteiger partial charge in [-0.3, -0.25) is 10.1 Å². The number of ether oxygens (including phenoxy) is 1. The highest BCUT2D eigenvalue weighted by Gasteiger charge is 2.11. The van der Waals surface area contributed by atoms with Crippen LogP contribution in [0.2, 0.25) is 0 Å². The number of H-pyrrole nitrogens is 1. The average molecular weight is 479 g/mol. The third-order valence-electron chi connectivity index (χ3n) is 3.40. The number of nitrogens with one attached hydrogen (secondary N) is 3. The van der Waals surface area contributed by atoms with Crippen molar-refractivity contribution in [3.63, 3.8) is 0 Å². The number of anilines is 2. The van der Waals surface area contributed by atoms with Crippen LogP contribution in [0.3, 0.4) is 0 Å². The van der Waals surface area contributed by atoms with Crippen LogP contribution in [-0.2, 0) is 4.79 Å². The van der Waals surface area contributed by atoms with Gasteiger partial charge < -0.3 is 9.84 Å². The molecule has 3 aromatic rings. The Hall–Kier alpha value is -3.10. The zero-order valence-corrected chi connectivity index (χ0v) is 18.7. The third kappa shape index (κ3) is 6.70. The summed E-state index contributed by atoms with van der Waals surface area (Å²) in [7, 11) is 1.47. The summed E-state index contributed by atoms with van der Waals surface area (Å²) in [5, 5.41) is 32.1. The Morgan fingerprint density at radius 1 is 1.42 bits per heavy atom. The average Bonchev–Trinajstić information content (AvgIpc) is 3.41. The molecular weight excluding hydrogens is 460 g/mol. The molecule has 0 unspecified atom stereocenters. The summed E-state index contributed by atoms with van der Waals surface area (Å²) in [5.74, 6) is 1.21. The predicted octanol–water partition coefficient (Wildman–Crippen LogP) is 2.83. The van der Waals surface area contributed by atoms with Crippen molar-refractivity contribution in [2.45, 2.75) is 9.50 Å². The van der Waals surface area contributed by atoms with E-state index < -0.39 is 0 Å². The lowest BCUT2D eigenvalue weighted by molar-refractivity contribution is -0.113. The van der Waals surface area contributed by atoms with Crippen molar-refractivity contribution in [2.24, 2.45) is 5.10 Å². The number of carbonyl (C=O) groups excluding carboxylic acids is 1. The first-order valence-electron chi connectivity index (χ1n) is 8.66. The van der Waals surface area contributed by atoms with Crippen LogP contribution in [0.15, 0.2) is 45.5 Å². The number of hydrazone groups is 1. The van der Waals surface area contributed by atoms with Crippen LogP contribution >= 0.6 is 34.9 Å². The molecule has 11 nitrogen and oxygen atoms in total. The summed E-state index contributed by atoms with van der Waals surface area (Å²) >= 11 is 3.95. The molecule has 3 rings (SSSR count). The van der Waals surface area contributed by atoms with Gasteiger partial charge in [0.25, 0.3) is 0 Å². The van der Waals surface area contributed by atoms with E-state index in [-0.39, 0.29) is 23.4 Å². The number of nitrogens with zero attached hydrogens (tertiary/aromatic N) is 5. The number of aromatic nitrogens is 5. The number of phenolic OH excluding ortho intramolecular Hbond substituents is 1. The number of hydrogen-bond acceptors (Lipinski definition) is 12. The first-order chi connectivity index (χ1) is 15.1. The minimum absolute atomic E-state index is 0.0165. The smallest absolute Gasteiger partial charge is 0.240 e. The largest absolute Gasteiger partial charge is 0.504 e. The molecule has 162 valence electrons. The number of rotatable bonds is 11. The van der Waals surface area contributed by atoms with Gasteiger partial charge in [-0.05, 0) is 12.1 Å². The Labute approximate surface area is 189 Å². The van der Waals surface area contributed by atoms with Crippen molar-refractivity contribution in [2.75, 3.05) is 29.4 Å². The van der Waals surface area contributed by atoms with E-state index in [1.165, 1.54) is 36.4 Å². The van der Waals surface area contributed by atoms with Crippen molar-refractivity contribution in [1.82, 2.24) is 25.4 Å². The Morgan fingerprint density at radius 2 is 2.29 bits per heavy atom. The summed E-state index contributed by atoms with van der Waals surface area (Å²) in [4.78, 5) is 16.3. The van der Waals surface area contributed by atoms with E-state index in [0.29, 0.717) is 21.6 Å². The van der Waals surface area contributed by atoms with Crippen molar-refractivity contribution in [3.05, 3.63) is 36.4 Å². The lowest BCUT2D eigenvalue weighted by Crippen LogP contribution is -2.13. The number of phenols is 1. The van der Waals surface area contributed by atoms with Crippen molar-refractivity contribution in [3.8, 4) is 11.5 Å². The number of hydrogen-bond donors (Lipinski definition) is 4. The SMILES string of the molecule is C=CCSc1nnc(NC(=O)CSc2n[nH]c(N/N=C/c3cccc(OC)c3O)n2)s1. The maximum atomic E-state index is 12.1.